The summed E-state index contributed by atoms with van der Waals surface area (Å²) in [5, 5.41) is 2.64. The van der Waals surface area contributed by atoms with Crippen molar-refractivity contribution in [2.24, 2.45) is 0 Å². The van der Waals surface area contributed by atoms with Gasteiger partial charge in [-0.3, -0.25) is 4.79 Å². The third-order valence-corrected chi connectivity index (χ3v) is 6.24. The number of esters is 1. The van der Waals surface area contributed by atoms with Crippen molar-refractivity contribution in [3.8, 4) is 5.75 Å². The molecule has 2 aromatic rings. The van der Waals surface area contributed by atoms with Gasteiger partial charge in [-0.25, -0.2) is 13.2 Å². The van der Waals surface area contributed by atoms with Crippen molar-refractivity contribution in [2.45, 2.75) is 24.8 Å². The molecule has 0 aliphatic carbocycles. The zero-order valence-electron chi connectivity index (χ0n) is 16.7. The summed E-state index contributed by atoms with van der Waals surface area (Å²) in [7, 11) is -0.767. The fourth-order valence-electron chi connectivity index (χ4n) is 2.31. The number of rotatable bonds is 8. The van der Waals surface area contributed by atoms with Crippen molar-refractivity contribution in [1.29, 1.82) is 0 Å². The fourth-order valence-corrected chi connectivity index (χ4v) is 3.67. The summed E-state index contributed by atoms with van der Waals surface area (Å²) in [5.41, 5.74) is 0.827. The Balaban J connectivity index is 1.93. The minimum absolute atomic E-state index is 0.147. The van der Waals surface area contributed by atoms with Crippen molar-refractivity contribution in [3.63, 3.8) is 0 Å². The maximum Gasteiger partial charge on any atom is 0.337 e. The number of carbonyl (C=O) groups excluding carboxylic acids is 2. The van der Waals surface area contributed by atoms with E-state index in [1.165, 1.54) is 54.9 Å². The number of ether oxygens (including phenoxy) is 2. The molecule has 0 aromatic heterocycles. The molecule has 0 saturated carbocycles. The van der Waals surface area contributed by atoms with Gasteiger partial charge in [0, 0.05) is 18.8 Å². The maximum absolute atomic E-state index is 12.4. The first kappa shape index (κ1) is 22.4. The van der Waals surface area contributed by atoms with Gasteiger partial charge in [-0.15, -0.1) is 0 Å². The molecule has 8 nitrogen and oxygen atoms in total. The molecule has 156 valence electrons. The molecule has 0 aliphatic rings. The van der Waals surface area contributed by atoms with Crippen LogP contribution in [0.3, 0.4) is 0 Å². The smallest absolute Gasteiger partial charge is 0.337 e. The molecule has 0 radical (unpaired) electrons. The van der Waals surface area contributed by atoms with Crippen LogP contribution >= 0.6 is 0 Å². The number of methoxy groups -OCH3 is 1. The van der Waals surface area contributed by atoms with Crippen molar-refractivity contribution < 1.29 is 27.5 Å². The molecule has 0 saturated heterocycles. The monoisotopic (exact) mass is 420 g/mol. The Morgan fingerprint density at radius 1 is 1.03 bits per heavy atom. The first-order chi connectivity index (χ1) is 13.6. The predicted molar refractivity (Wildman–Crippen MR) is 108 cm³/mol. The number of amides is 1. The Bertz CT molecular complexity index is 953. The van der Waals surface area contributed by atoms with Crippen molar-refractivity contribution in [1.82, 2.24) is 4.31 Å². The number of carbonyl (C=O) groups is 2. The maximum atomic E-state index is 12.4. The van der Waals surface area contributed by atoms with Crippen LogP contribution in [-0.2, 0) is 19.6 Å². The Morgan fingerprint density at radius 3 is 2.14 bits per heavy atom. The summed E-state index contributed by atoms with van der Waals surface area (Å²) in [6, 6.07) is 11.9. The molecule has 2 rings (SSSR count). The van der Waals surface area contributed by atoms with Gasteiger partial charge in [0.1, 0.15) is 5.75 Å². The molecule has 0 heterocycles. The molecule has 1 amide bonds. The lowest BCUT2D eigenvalue weighted by Gasteiger charge is -2.21. The zero-order valence-corrected chi connectivity index (χ0v) is 17.5. The van der Waals surface area contributed by atoms with E-state index >= 15 is 0 Å². The van der Waals surface area contributed by atoms with E-state index in [9.17, 15) is 18.0 Å². The van der Waals surface area contributed by atoms with Crippen LogP contribution in [0.5, 0.6) is 5.75 Å². The summed E-state index contributed by atoms with van der Waals surface area (Å²) < 4.78 is 36.1. The molecule has 1 N–H and O–H groups in total. The lowest BCUT2D eigenvalue weighted by molar-refractivity contribution is -0.118. The normalized spacial score (nSPS) is 11.4. The van der Waals surface area contributed by atoms with Gasteiger partial charge in [0.2, 0.25) is 10.0 Å². The van der Waals surface area contributed by atoms with Crippen LogP contribution in [0, 0.1) is 0 Å². The van der Waals surface area contributed by atoms with Crippen LogP contribution in [0.2, 0.25) is 0 Å². The van der Waals surface area contributed by atoms with Crippen LogP contribution in [-0.4, -0.2) is 51.4 Å². The van der Waals surface area contributed by atoms with Crippen LogP contribution in [0.25, 0.3) is 0 Å². The molecular formula is C20H24N2O6S. The summed E-state index contributed by atoms with van der Waals surface area (Å²) in [6.45, 7) is 3.33. The van der Waals surface area contributed by atoms with Crippen molar-refractivity contribution >= 4 is 27.6 Å². The topological polar surface area (TPSA) is 102 Å². The van der Waals surface area contributed by atoms with Crippen LogP contribution in [0.1, 0.15) is 24.2 Å². The van der Waals surface area contributed by atoms with Gasteiger partial charge in [-0.05, 0) is 62.4 Å². The second-order valence-corrected chi connectivity index (χ2v) is 8.49. The molecule has 0 spiro atoms. The van der Waals surface area contributed by atoms with E-state index in [0.29, 0.717) is 17.0 Å². The van der Waals surface area contributed by atoms with Crippen LogP contribution in [0.15, 0.2) is 53.4 Å². The third-order valence-electron chi connectivity index (χ3n) is 4.19. The molecule has 9 heteroatoms. The molecule has 0 bridgehead atoms. The second-order valence-electron chi connectivity index (χ2n) is 6.49. The van der Waals surface area contributed by atoms with E-state index in [4.69, 9.17) is 4.74 Å². The highest BCUT2D eigenvalue weighted by Gasteiger charge is 2.22. The number of hydrogen-bond donors (Lipinski definition) is 1. The van der Waals surface area contributed by atoms with Gasteiger partial charge in [-0.1, -0.05) is 0 Å². The summed E-state index contributed by atoms with van der Waals surface area (Å²) in [6.07, 6.45) is 0. The van der Waals surface area contributed by atoms with Gasteiger partial charge in [0.05, 0.1) is 17.6 Å². The summed E-state index contributed by atoms with van der Waals surface area (Å²) in [4.78, 5) is 23.6. The third kappa shape index (κ3) is 5.78. The Morgan fingerprint density at radius 2 is 1.62 bits per heavy atom. The highest BCUT2D eigenvalue weighted by atomic mass is 32.2. The quantitative estimate of drug-likeness (QED) is 0.659. The highest BCUT2D eigenvalue weighted by Crippen LogP contribution is 2.19. The number of hydrogen-bond acceptors (Lipinski definition) is 6. The first-order valence-corrected chi connectivity index (χ1v) is 10.3. The lowest BCUT2D eigenvalue weighted by atomic mass is 10.2. The first-order valence-electron chi connectivity index (χ1n) is 8.84. The molecule has 0 atom stereocenters. The molecule has 0 unspecified atom stereocenters. The average molecular weight is 420 g/mol. The Hall–Kier alpha value is -2.91. The average Bonchev–Trinajstić information content (AvgIpc) is 2.71. The number of sulfonamides is 1. The SMILES string of the molecule is COC(=O)c1ccc(OCC(=O)Nc2ccc(S(=O)(=O)N(C)C(C)C)cc2)cc1. The Labute approximate surface area is 170 Å². The number of nitrogens with zero attached hydrogens (tertiary/aromatic N) is 1. The summed E-state index contributed by atoms with van der Waals surface area (Å²) in [5.74, 6) is -0.442. The van der Waals surface area contributed by atoms with E-state index in [1.54, 1.807) is 26.0 Å². The van der Waals surface area contributed by atoms with E-state index in [2.05, 4.69) is 10.1 Å². The minimum atomic E-state index is -3.58. The van der Waals surface area contributed by atoms with Crippen LogP contribution in [0.4, 0.5) is 5.69 Å². The Kier molecular flexibility index (Phi) is 7.35. The molecule has 2 aromatic carbocycles. The molecule has 0 fully saturated rings. The van der Waals surface area contributed by atoms with Gasteiger partial charge in [0.15, 0.2) is 6.61 Å². The summed E-state index contributed by atoms with van der Waals surface area (Å²) >= 11 is 0. The van der Waals surface area contributed by atoms with E-state index in [1.807, 2.05) is 0 Å². The second kappa shape index (κ2) is 9.53. The van der Waals surface area contributed by atoms with Crippen LogP contribution < -0.4 is 10.1 Å². The zero-order chi connectivity index (χ0) is 21.6. The molecule has 29 heavy (non-hydrogen) atoms. The van der Waals surface area contributed by atoms with Gasteiger partial charge < -0.3 is 14.8 Å². The van der Waals surface area contributed by atoms with E-state index in [0.717, 1.165) is 0 Å². The predicted octanol–water partition coefficient (Wildman–Crippen LogP) is 2.52. The van der Waals surface area contributed by atoms with E-state index < -0.39 is 21.9 Å². The standard InChI is InChI=1S/C20H24N2O6S/c1-14(2)22(3)29(25,26)18-11-7-16(8-12-18)21-19(23)13-28-17-9-5-15(6-10-17)20(24)27-4/h5-12,14H,13H2,1-4H3,(H,21,23). The van der Waals surface area contributed by atoms with Crippen molar-refractivity contribution in [2.75, 3.05) is 26.1 Å². The van der Waals surface area contributed by atoms with Crippen molar-refractivity contribution in [3.05, 3.63) is 54.1 Å². The fraction of sp³-hybridized carbons (Fsp3) is 0.300. The van der Waals surface area contributed by atoms with Gasteiger partial charge in [-0.2, -0.15) is 4.31 Å². The largest absolute Gasteiger partial charge is 0.484 e. The molecule has 0 aliphatic heterocycles. The van der Waals surface area contributed by atoms with Gasteiger partial charge >= 0.3 is 5.97 Å². The number of nitrogens with one attached hydrogen (secondary N) is 1. The van der Waals surface area contributed by atoms with E-state index in [-0.39, 0.29) is 17.5 Å². The molecular weight excluding hydrogens is 396 g/mol. The number of benzene rings is 2. The number of anilines is 1. The van der Waals surface area contributed by atoms with Gasteiger partial charge in [0.25, 0.3) is 5.91 Å². The highest BCUT2D eigenvalue weighted by molar-refractivity contribution is 7.89. The minimum Gasteiger partial charge on any atom is -0.484 e. The lowest BCUT2D eigenvalue weighted by Crippen LogP contribution is -2.33.